The molecule has 1 fully saturated rings. The summed E-state index contributed by atoms with van der Waals surface area (Å²) in [6.07, 6.45) is 0.996. The predicted molar refractivity (Wildman–Crippen MR) is 105 cm³/mol. The molecule has 1 unspecified atom stereocenters. The monoisotopic (exact) mass is 363 g/mol. The van der Waals surface area contributed by atoms with E-state index in [0.29, 0.717) is 28.1 Å². The zero-order valence-electron chi connectivity index (χ0n) is 15.3. The molecular formula is C22H22FN3O. The third-order valence-corrected chi connectivity index (χ3v) is 5.14. The fraction of sp³-hybridized carbons (Fsp3) is 0.273. The van der Waals surface area contributed by atoms with Gasteiger partial charge in [-0.15, -0.1) is 0 Å². The summed E-state index contributed by atoms with van der Waals surface area (Å²) in [5.41, 5.74) is 2.69. The maximum absolute atomic E-state index is 13.8. The molecular weight excluding hydrogens is 341 g/mol. The largest absolute Gasteiger partial charge is 0.338 e. The van der Waals surface area contributed by atoms with Crippen molar-refractivity contribution in [2.45, 2.75) is 6.42 Å². The van der Waals surface area contributed by atoms with Gasteiger partial charge in [-0.3, -0.25) is 4.79 Å². The lowest BCUT2D eigenvalue weighted by atomic mass is 10.0. The minimum Gasteiger partial charge on any atom is -0.338 e. The van der Waals surface area contributed by atoms with Gasteiger partial charge in [0.15, 0.2) is 0 Å². The number of hydrogen-bond donors (Lipinski definition) is 1. The van der Waals surface area contributed by atoms with Crippen molar-refractivity contribution in [2.75, 3.05) is 26.7 Å². The third-order valence-electron chi connectivity index (χ3n) is 5.14. The van der Waals surface area contributed by atoms with Crippen molar-refractivity contribution in [2.24, 2.45) is 5.92 Å². The van der Waals surface area contributed by atoms with Gasteiger partial charge in [0.1, 0.15) is 5.82 Å². The van der Waals surface area contributed by atoms with E-state index in [1.165, 1.54) is 12.1 Å². The Hall–Kier alpha value is -2.79. The van der Waals surface area contributed by atoms with Gasteiger partial charge in [-0.25, -0.2) is 9.37 Å². The number of rotatable bonds is 4. The zero-order valence-corrected chi connectivity index (χ0v) is 15.3. The second kappa shape index (κ2) is 7.45. The molecule has 1 saturated heterocycles. The Bertz CT molecular complexity index is 974. The summed E-state index contributed by atoms with van der Waals surface area (Å²) < 4.78 is 13.8. The lowest BCUT2D eigenvalue weighted by Gasteiger charge is -2.18. The number of aromatic nitrogens is 1. The Labute approximate surface area is 158 Å². The van der Waals surface area contributed by atoms with Crippen LogP contribution in [-0.2, 0) is 0 Å². The van der Waals surface area contributed by atoms with E-state index in [2.05, 4.69) is 10.3 Å². The van der Waals surface area contributed by atoms with Crippen LogP contribution in [0.4, 0.5) is 4.39 Å². The zero-order chi connectivity index (χ0) is 18.8. The third kappa shape index (κ3) is 3.55. The van der Waals surface area contributed by atoms with Gasteiger partial charge in [0.2, 0.25) is 0 Å². The fourth-order valence-corrected chi connectivity index (χ4v) is 3.78. The Kier molecular flexibility index (Phi) is 4.86. The van der Waals surface area contributed by atoms with Crippen LogP contribution in [-0.4, -0.2) is 42.5 Å². The van der Waals surface area contributed by atoms with Gasteiger partial charge in [-0.1, -0.05) is 30.3 Å². The van der Waals surface area contributed by atoms with E-state index in [4.69, 9.17) is 0 Å². The second-order valence-electron chi connectivity index (χ2n) is 7.05. The van der Waals surface area contributed by atoms with Gasteiger partial charge in [0, 0.05) is 30.1 Å². The van der Waals surface area contributed by atoms with Crippen LogP contribution in [0.3, 0.4) is 0 Å². The summed E-state index contributed by atoms with van der Waals surface area (Å²) >= 11 is 0. The van der Waals surface area contributed by atoms with Crippen LogP contribution in [0.25, 0.3) is 22.2 Å². The fourth-order valence-electron chi connectivity index (χ4n) is 3.78. The molecule has 1 N–H and O–H groups in total. The van der Waals surface area contributed by atoms with Gasteiger partial charge < -0.3 is 10.2 Å². The van der Waals surface area contributed by atoms with E-state index in [1.807, 2.05) is 48.3 Å². The molecule has 0 spiro atoms. The minimum absolute atomic E-state index is 0.00945. The van der Waals surface area contributed by atoms with E-state index >= 15 is 0 Å². The summed E-state index contributed by atoms with van der Waals surface area (Å²) in [6.45, 7) is 2.39. The molecule has 138 valence electrons. The summed E-state index contributed by atoms with van der Waals surface area (Å²) in [6, 6.07) is 15.9. The Morgan fingerprint density at radius 2 is 2.04 bits per heavy atom. The van der Waals surface area contributed by atoms with E-state index in [1.54, 1.807) is 6.07 Å². The lowest BCUT2D eigenvalue weighted by Crippen LogP contribution is -2.30. The average Bonchev–Trinajstić information content (AvgIpc) is 3.16. The van der Waals surface area contributed by atoms with Crippen LogP contribution in [0.5, 0.6) is 0 Å². The van der Waals surface area contributed by atoms with E-state index < -0.39 is 0 Å². The topological polar surface area (TPSA) is 45.2 Å². The smallest absolute Gasteiger partial charge is 0.254 e. The lowest BCUT2D eigenvalue weighted by molar-refractivity contribution is 0.0789. The minimum atomic E-state index is -0.353. The molecule has 0 aliphatic carbocycles. The van der Waals surface area contributed by atoms with Crippen LogP contribution in [0.15, 0.2) is 54.6 Å². The van der Waals surface area contributed by atoms with Gasteiger partial charge in [-0.2, -0.15) is 0 Å². The Morgan fingerprint density at radius 1 is 1.22 bits per heavy atom. The molecule has 3 aromatic rings. The molecule has 2 heterocycles. The highest BCUT2D eigenvalue weighted by molar-refractivity contribution is 6.07. The highest BCUT2D eigenvalue weighted by Crippen LogP contribution is 2.28. The molecule has 1 atom stereocenters. The number of nitrogens with one attached hydrogen (secondary N) is 1. The molecule has 0 radical (unpaired) electrons. The first-order chi connectivity index (χ1) is 13.2. The van der Waals surface area contributed by atoms with Gasteiger partial charge in [0.05, 0.1) is 16.8 Å². The number of fused-ring (bicyclic) bond motifs is 1. The number of carbonyl (C=O) groups is 1. The summed E-state index contributed by atoms with van der Waals surface area (Å²) in [4.78, 5) is 19.8. The summed E-state index contributed by atoms with van der Waals surface area (Å²) in [5.74, 6) is 0.108. The van der Waals surface area contributed by atoms with Crippen molar-refractivity contribution in [1.29, 1.82) is 0 Å². The predicted octanol–water partition coefficient (Wildman–Crippen LogP) is 3.72. The van der Waals surface area contributed by atoms with Gasteiger partial charge in [-0.05, 0) is 44.1 Å². The number of nitrogens with zero attached hydrogens (tertiary/aromatic N) is 2. The first kappa shape index (κ1) is 17.6. The Balaban J connectivity index is 1.78. The van der Waals surface area contributed by atoms with Crippen molar-refractivity contribution >= 4 is 16.8 Å². The molecule has 1 aliphatic rings. The number of benzene rings is 2. The highest BCUT2D eigenvalue weighted by atomic mass is 19.1. The molecule has 4 rings (SSSR count). The number of pyridine rings is 1. The number of hydrogen-bond acceptors (Lipinski definition) is 3. The molecule has 5 heteroatoms. The molecule has 1 amide bonds. The van der Waals surface area contributed by atoms with Crippen molar-refractivity contribution in [3.05, 3.63) is 66.0 Å². The normalized spacial score (nSPS) is 16.8. The van der Waals surface area contributed by atoms with Crippen LogP contribution in [0, 0.1) is 11.7 Å². The number of amides is 1. The molecule has 1 aromatic heterocycles. The van der Waals surface area contributed by atoms with E-state index in [0.717, 1.165) is 31.6 Å². The van der Waals surface area contributed by atoms with Crippen molar-refractivity contribution < 1.29 is 9.18 Å². The molecule has 27 heavy (non-hydrogen) atoms. The number of carbonyl (C=O) groups excluding carboxylic acids is 1. The van der Waals surface area contributed by atoms with Crippen LogP contribution < -0.4 is 5.32 Å². The van der Waals surface area contributed by atoms with Gasteiger partial charge in [0.25, 0.3) is 5.91 Å². The molecule has 4 nitrogen and oxygen atoms in total. The maximum Gasteiger partial charge on any atom is 0.254 e. The van der Waals surface area contributed by atoms with Crippen molar-refractivity contribution in [1.82, 2.24) is 15.2 Å². The quantitative estimate of drug-likeness (QED) is 0.768. The Morgan fingerprint density at radius 3 is 2.81 bits per heavy atom. The van der Waals surface area contributed by atoms with Crippen LogP contribution in [0.2, 0.25) is 0 Å². The summed E-state index contributed by atoms with van der Waals surface area (Å²) in [7, 11) is 1.93. The number of halogens is 1. The van der Waals surface area contributed by atoms with Crippen molar-refractivity contribution in [3.63, 3.8) is 0 Å². The first-order valence-electron chi connectivity index (χ1n) is 9.25. The van der Waals surface area contributed by atoms with Crippen LogP contribution >= 0.6 is 0 Å². The van der Waals surface area contributed by atoms with Crippen LogP contribution in [0.1, 0.15) is 16.8 Å². The molecule has 0 bridgehead atoms. The first-order valence-corrected chi connectivity index (χ1v) is 9.25. The van der Waals surface area contributed by atoms with Gasteiger partial charge >= 0.3 is 0 Å². The van der Waals surface area contributed by atoms with E-state index in [9.17, 15) is 9.18 Å². The highest BCUT2D eigenvalue weighted by Gasteiger charge is 2.28. The van der Waals surface area contributed by atoms with E-state index in [-0.39, 0.29) is 11.7 Å². The standard InChI is InChI=1S/C22H22FN3O/c1-24-13-15-9-10-26(14-15)22(27)19-12-20(16-5-3-2-4-6-16)25-21-11-17(23)7-8-18(19)21/h2-8,11-12,15,24H,9-10,13-14H2,1H3. The van der Waals surface area contributed by atoms with Crippen molar-refractivity contribution in [3.8, 4) is 11.3 Å². The molecule has 0 saturated carbocycles. The summed E-state index contributed by atoms with van der Waals surface area (Å²) in [5, 5.41) is 3.88. The number of likely N-dealkylation sites (tertiary alicyclic amines) is 1. The molecule has 1 aliphatic heterocycles. The average molecular weight is 363 g/mol. The molecule has 2 aromatic carbocycles. The maximum atomic E-state index is 13.8. The second-order valence-corrected chi connectivity index (χ2v) is 7.05. The SMILES string of the molecule is CNCC1CCN(C(=O)c2cc(-c3ccccc3)nc3cc(F)ccc23)C1.